The Morgan fingerprint density at radius 3 is 2.84 bits per heavy atom. The molecular weight excluding hydrogens is 286 g/mol. The molecule has 1 heterocycles. The van der Waals surface area contributed by atoms with E-state index >= 15 is 0 Å². The molecule has 1 atom stereocenters. The quantitative estimate of drug-likeness (QED) is 0.803. The lowest BCUT2D eigenvalue weighted by Crippen LogP contribution is -2.35. The fraction of sp³-hybridized carbons (Fsp3) is 0.385. The van der Waals surface area contributed by atoms with E-state index in [1.165, 1.54) is 17.5 Å². The van der Waals surface area contributed by atoms with Crippen LogP contribution in [0.3, 0.4) is 0 Å². The van der Waals surface area contributed by atoms with Crippen LogP contribution in [-0.2, 0) is 10.0 Å². The van der Waals surface area contributed by atoms with Gasteiger partial charge < -0.3 is 4.74 Å². The van der Waals surface area contributed by atoms with Crippen LogP contribution in [-0.4, -0.2) is 32.4 Å². The van der Waals surface area contributed by atoms with Gasteiger partial charge in [0.25, 0.3) is 0 Å². The van der Waals surface area contributed by atoms with Crippen molar-refractivity contribution in [3.05, 3.63) is 35.4 Å². The van der Waals surface area contributed by atoms with Gasteiger partial charge in [-0.2, -0.15) is 4.31 Å². The lowest BCUT2D eigenvalue weighted by molar-refractivity contribution is 0.384. The lowest BCUT2D eigenvalue weighted by Gasteiger charge is -2.24. The predicted molar refractivity (Wildman–Crippen MR) is 75.1 cm³/mol. The highest BCUT2D eigenvalue weighted by atomic mass is 35.5. The van der Waals surface area contributed by atoms with Crippen LogP contribution in [0.4, 0.5) is 0 Å². The molecule has 0 N–H and O–H groups in total. The van der Waals surface area contributed by atoms with Crippen molar-refractivity contribution in [2.45, 2.75) is 24.3 Å². The van der Waals surface area contributed by atoms with Crippen molar-refractivity contribution in [1.82, 2.24) is 4.31 Å². The molecule has 0 aliphatic carbocycles. The van der Waals surface area contributed by atoms with E-state index < -0.39 is 10.0 Å². The maximum Gasteiger partial charge on any atom is 0.247 e. The first-order valence-corrected chi connectivity index (χ1v) is 7.84. The number of rotatable bonds is 4. The van der Waals surface area contributed by atoms with E-state index in [-0.39, 0.29) is 10.9 Å². The van der Waals surface area contributed by atoms with Crippen molar-refractivity contribution < 1.29 is 13.2 Å². The Labute approximate surface area is 118 Å². The monoisotopic (exact) mass is 301 g/mol. The molecule has 1 aromatic rings. The Hall–Kier alpha value is -1.04. The summed E-state index contributed by atoms with van der Waals surface area (Å²) in [5.41, 5.74) is 0. The van der Waals surface area contributed by atoms with Crippen LogP contribution in [0.2, 0.25) is 5.02 Å². The van der Waals surface area contributed by atoms with Gasteiger partial charge in [-0.1, -0.05) is 30.7 Å². The normalized spacial score (nSPS) is 19.8. The molecule has 6 heteroatoms. The van der Waals surface area contributed by atoms with Gasteiger partial charge in [0.1, 0.15) is 10.6 Å². The zero-order valence-electron chi connectivity index (χ0n) is 10.8. The molecule has 0 fully saturated rings. The number of sulfonamides is 1. The molecule has 1 aliphatic rings. The number of methoxy groups -OCH3 is 1. The van der Waals surface area contributed by atoms with Gasteiger partial charge >= 0.3 is 0 Å². The highest BCUT2D eigenvalue weighted by Gasteiger charge is 2.33. The summed E-state index contributed by atoms with van der Waals surface area (Å²) in [6, 6.07) is 4.51. The number of benzene rings is 1. The zero-order chi connectivity index (χ0) is 14.0. The minimum Gasteiger partial charge on any atom is -0.495 e. The maximum absolute atomic E-state index is 12.7. The number of hydrogen-bond donors (Lipinski definition) is 0. The van der Waals surface area contributed by atoms with Gasteiger partial charge in [0, 0.05) is 17.6 Å². The van der Waals surface area contributed by atoms with E-state index in [9.17, 15) is 8.42 Å². The number of hydrogen-bond acceptors (Lipinski definition) is 3. The van der Waals surface area contributed by atoms with Crippen LogP contribution in [0.5, 0.6) is 5.75 Å². The summed E-state index contributed by atoms with van der Waals surface area (Å²) in [4.78, 5) is 0.115. The summed E-state index contributed by atoms with van der Waals surface area (Å²) in [6.45, 7) is 2.34. The maximum atomic E-state index is 12.7. The Balaban J connectivity index is 2.48. The largest absolute Gasteiger partial charge is 0.495 e. The molecule has 0 amide bonds. The van der Waals surface area contributed by atoms with E-state index in [1.807, 2.05) is 19.1 Å². The molecule has 0 spiro atoms. The van der Waals surface area contributed by atoms with Crippen LogP contribution in [0.1, 0.15) is 13.3 Å². The number of ether oxygens (including phenoxy) is 1. The Morgan fingerprint density at radius 2 is 2.21 bits per heavy atom. The van der Waals surface area contributed by atoms with Crippen LogP contribution >= 0.6 is 11.6 Å². The van der Waals surface area contributed by atoms with Crippen molar-refractivity contribution in [3.8, 4) is 5.75 Å². The van der Waals surface area contributed by atoms with Crippen LogP contribution < -0.4 is 4.74 Å². The van der Waals surface area contributed by atoms with E-state index in [1.54, 1.807) is 12.1 Å². The molecule has 2 rings (SSSR count). The second kappa shape index (κ2) is 5.53. The number of nitrogens with zero attached hydrogens (tertiary/aromatic N) is 1. The minimum atomic E-state index is -3.60. The Bertz CT molecular complexity index is 598. The van der Waals surface area contributed by atoms with Crippen molar-refractivity contribution in [1.29, 1.82) is 0 Å². The fourth-order valence-electron chi connectivity index (χ4n) is 2.15. The van der Waals surface area contributed by atoms with Crippen molar-refractivity contribution >= 4 is 21.6 Å². The summed E-state index contributed by atoms with van der Waals surface area (Å²) in [7, 11) is -2.16. The lowest BCUT2D eigenvalue weighted by atomic mass is 10.2. The fourth-order valence-corrected chi connectivity index (χ4v) is 4.18. The van der Waals surface area contributed by atoms with E-state index in [4.69, 9.17) is 16.3 Å². The average Bonchev–Trinajstić information content (AvgIpc) is 2.87. The van der Waals surface area contributed by atoms with Crippen LogP contribution in [0.15, 0.2) is 35.2 Å². The van der Waals surface area contributed by atoms with Crippen molar-refractivity contribution in [2.24, 2.45) is 0 Å². The molecule has 0 saturated carbocycles. The summed E-state index contributed by atoms with van der Waals surface area (Å²) in [6.07, 6.45) is 4.51. The predicted octanol–water partition coefficient (Wildman–Crippen LogP) is 2.69. The van der Waals surface area contributed by atoms with Gasteiger partial charge in [-0.3, -0.25) is 0 Å². The third-order valence-electron chi connectivity index (χ3n) is 3.14. The van der Waals surface area contributed by atoms with Crippen molar-refractivity contribution in [2.75, 3.05) is 13.7 Å². The van der Waals surface area contributed by atoms with E-state index in [2.05, 4.69) is 0 Å². The van der Waals surface area contributed by atoms with Crippen LogP contribution in [0.25, 0.3) is 0 Å². The smallest absolute Gasteiger partial charge is 0.247 e. The highest BCUT2D eigenvalue weighted by molar-refractivity contribution is 7.89. The molecule has 1 aromatic carbocycles. The van der Waals surface area contributed by atoms with Crippen molar-refractivity contribution in [3.63, 3.8) is 0 Å². The average molecular weight is 302 g/mol. The summed E-state index contributed by atoms with van der Waals surface area (Å²) >= 11 is 5.90. The molecule has 0 saturated heterocycles. The van der Waals surface area contributed by atoms with Gasteiger partial charge in [-0.25, -0.2) is 8.42 Å². The van der Waals surface area contributed by atoms with E-state index in [0.717, 1.165) is 6.42 Å². The molecule has 1 aliphatic heterocycles. The molecule has 104 valence electrons. The molecule has 0 bridgehead atoms. The minimum absolute atomic E-state index is 0.103. The second-order valence-corrected chi connectivity index (χ2v) is 6.57. The summed E-state index contributed by atoms with van der Waals surface area (Å²) < 4.78 is 32.0. The third-order valence-corrected chi connectivity index (χ3v) is 5.29. The molecule has 4 nitrogen and oxygen atoms in total. The first-order valence-electron chi connectivity index (χ1n) is 6.02. The Morgan fingerprint density at radius 1 is 1.47 bits per heavy atom. The molecule has 1 unspecified atom stereocenters. The number of halogens is 1. The topological polar surface area (TPSA) is 46.6 Å². The van der Waals surface area contributed by atoms with E-state index in [0.29, 0.717) is 17.3 Å². The summed E-state index contributed by atoms with van der Waals surface area (Å²) in [5, 5.41) is 0.375. The third kappa shape index (κ3) is 2.63. The molecule has 19 heavy (non-hydrogen) atoms. The standard InChI is InChI=1S/C13H16ClNO3S/c1-3-11-5-4-8-15(11)19(16,17)13-9-10(14)6-7-12(13)18-2/h4-7,9,11H,3,8H2,1-2H3. The molecule has 0 radical (unpaired) electrons. The molecule has 0 aromatic heterocycles. The van der Waals surface area contributed by atoms with Gasteiger partial charge in [0.2, 0.25) is 10.0 Å². The zero-order valence-corrected chi connectivity index (χ0v) is 12.4. The Kier molecular flexibility index (Phi) is 4.18. The molecular formula is C13H16ClNO3S. The van der Waals surface area contributed by atoms with Gasteiger partial charge in [0.15, 0.2) is 0 Å². The first kappa shape index (κ1) is 14.4. The first-order chi connectivity index (χ1) is 9.00. The van der Waals surface area contributed by atoms with Gasteiger partial charge in [-0.05, 0) is 24.6 Å². The second-order valence-electron chi connectivity index (χ2n) is 4.27. The highest BCUT2D eigenvalue weighted by Crippen LogP contribution is 2.32. The van der Waals surface area contributed by atoms with Gasteiger partial charge in [-0.15, -0.1) is 0 Å². The SMILES string of the molecule is CCC1C=CCN1S(=O)(=O)c1cc(Cl)ccc1OC. The summed E-state index contributed by atoms with van der Waals surface area (Å²) in [5.74, 6) is 0.311. The van der Waals surface area contributed by atoms with Gasteiger partial charge in [0.05, 0.1) is 7.11 Å². The van der Waals surface area contributed by atoms with Crippen LogP contribution in [0, 0.1) is 0 Å².